The van der Waals surface area contributed by atoms with Gasteiger partial charge in [-0.15, -0.1) is 11.3 Å². The number of non-ortho nitro benzene ring substituents is 1. The third-order valence-electron chi connectivity index (χ3n) is 7.34. The van der Waals surface area contributed by atoms with E-state index in [1.165, 1.54) is 28.3 Å². The minimum Gasteiger partial charge on any atom is -0.294 e. The Morgan fingerprint density at radius 1 is 1.17 bits per heavy atom. The summed E-state index contributed by atoms with van der Waals surface area (Å²) in [5.74, 6) is -0.721. The molecule has 0 spiro atoms. The summed E-state index contributed by atoms with van der Waals surface area (Å²) in [6.45, 7) is 4.03. The highest BCUT2D eigenvalue weighted by molar-refractivity contribution is 7.16. The van der Waals surface area contributed by atoms with E-state index in [1.807, 2.05) is 13.8 Å². The van der Waals surface area contributed by atoms with Crippen LogP contribution in [0, 0.1) is 26.9 Å². The number of carbonyl (C=O) groups excluding carboxylic acids is 2. The van der Waals surface area contributed by atoms with E-state index in [0.717, 1.165) is 37.7 Å². The van der Waals surface area contributed by atoms with Crippen molar-refractivity contribution >= 4 is 33.7 Å². The van der Waals surface area contributed by atoms with Crippen molar-refractivity contribution in [2.45, 2.75) is 71.1 Å². The van der Waals surface area contributed by atoms with Crippen LogP contribution in [0.3, 0.4) is 0 Å². The first kappa shape index (κ1) is 23.4. The lowest BCUT2D eigenvalue weighted by Gasteiger charge is -2.42. The maximum Gasteiger partial charge on any atom is 0.269 e. The first-order valence-corrected chi connectivity index (χ1v) is 12.9. The zero-order valence-electron chi connectivity index (χ0n) is 19.9. The van der Waals surface area contributed by atoms with Crippen LogP contribution in [0.4, 0.5) is 10.7 Å². The highest BCUT2D eigenvalue weighted by atomic mass is 32.1. The SMILES string of the molecule is CC1(C)CC(=O)C2=C(C1)N(c1sc3c(c1C#N)CCCCC3)C(=O)CC2c1cccc([N+](=O)[O-])c1. The second kappa shape index (κ2) is 8.72. The average molecular weight is 490 g/mol. The molecule has 35 heavy (non-hydrogen) atoms. The molecule has 0 N–H and O–H groups in total. The van der Waals surface area contributed by atoms with E-state index in [1.54, 1.807) is 17.0 Å². The molecule has 8 heteroatoms. The zero-order chi connectivity index (χ0) is 24.9. The molecule has 7 nitrogen and oxygen atoms in total. The number of rotatable bonds is 3. The van der Waals surface area contributed by atoms with Gasteiger partial charge in [0.05, 0.1) is 10.5 Å². The number of nitrogens with zero attached hydrogens (tertiary/aromatic N) is 3. The largest absolute Gasteiger partial charge is 0.294 e. The monoisotopic (exact) mass is 489 g/mol. The summed E-state index contributed by atoms with van der Waals surface area (Å²) in [5.41, 5.74) is 3.06. The van der Waals surface area contributed by atoms with E-state index in [4.69, 9.17) is 0 Å². The summed E-state index contributed by atoms with van der Waals surface area (Å²) in [7, 11) is 0. The Balaban J connectivity index is 1.70. The molecule has 0 saturated heterocycles. The minimum absolute atomic E-state index is 0.0260. The van der Waals surface area contributed by atoms with Gasteiger partial charge in [-0.2, -0.15) is 5.26 Å². The Bertz CT molecular complexity index is 1330. The first-order valence-electron chi connectivity index (χ1n) is 12.1. The number of anilines is 1. The summed E-state index contributed by atoms with van der Waals surface area (Å²) in [5, 5.41) is 22.1. The number of hydrogen-bond donors (Lipinski definition) is 0. The summed E-state index contributed by atoms with van der Waals surface area (Å²) in [6, 6.07) is 8.62. The van der Waals surface area contributed by atoms with Crippen molar-refractivity contribution in [2.75, 3.05) is 4.90 Å². The molecule has 1 unspecified atom stereocenters. The molecule has 0 radical (unpaired) electrons. The van der Waals surface area contributed by atoms with Crippen molar-refractivity contribution in [3.63, 3.8) is 0 Å². The smallest absolute Gasteiger partial charge is 0.269 e. The Morgan fingerprint density at radius 3 is 2.69 bits per heavy atom. The molecule has 1 atom stereocenters. The van der Waals surface area contributed by atoms with E-state index in [0.29, 0.717) is 40.2 Å². The van der Waals surface area contributed by atoms with Gasteiger partial charge in [0.1, 0.15) is 11.1 Å². The predicted molar refractivity (Wildman–Crippen MR) is 133 cm³/mol. The molecule has 1 aliphatic heterocycles. The van der Waals surface area contributed by atoms with E-state index in [9.17, 15) is 25.0 Å². The summed E-state index contributed by atoms with van der Waals surface area (Å²) < 4.78 is 0. The van der Waals surface area contributed by atoms with Crippen molar-refractivity contribution in [1.82, 2.24) is 0 Å². The van der Waals surface area contributed by atoms with Gasteiger partial charge >= 0.3 is 0 Å². The number of nitro groups is 1. The van der Waals surface area contributed by atoms with Crippen LogP contribution < -0.4 is 4.90 Å². The molecule has 0 bridgehead atoms. The maximum absolute atomic E-state index is 13.8. The molecule has 2 aromatic rings. The zero-order valence-corrected chi connectivity index (χ0v) is 20.7. The summed E-state index contributed by atoms with van der Waals surface area (Å²) >= 11 is 1.52. The number of allylic oxidation sites excluding steroid dienone is 2. The molecule has 5 rings (SSSR count). The van der Waals surface area contributed by atoms with Crippen molar-refractivity contribution in [1.29, 1.82) is 5.26 Å². The fourth-order valence-corrected chi connectivity index (χ4v) is 7.17. The minimum atomic E-state index is -0.527. The quantitative estimate of drug-likeness (QED) is 0.300. The highest BCUT2D eigenvalue weighted by Gasteiger charge is 2.45. The second-order valence-electron chi connectivity index (χ2n) is 10.5. The Morgan fingerprint density at radius 2 is 1.94 bits per heavy atom. The predicted octanol–water partition coefficient (Wildman–Crippen LogP) is 5.96. The topological polar surface area (TPSA) is 104 Å². The average Bonchev–Trinajstić information content (AvgIpc) is 2.97. The van der Waals surface area contributed by atoms with E-state index < -0.39 is 10.8 Å². The van der Waals surface area contributed by atoms with E-state index in [2.05, 4.69) is 6.07 Å². The first-order chi connectivity index (χ1) is 16.7. The molecule has 3 aliphatic rings. The lowest BCUT2D eigenvalue weighted by molar-refractivity contribution is -0.384. The number of thiophene rings is 1. The van der Waals surface area contributed by atoms with Gasteiger partial charge in [-0.05, 0) is 48.6 Å². The van der Waals surface area contributed by atoms with Gasteiger partial charge in [-0.3, -0.25) is 24.6 Å². The molecular weight excluding hydrogens is 462 g/mol. The van der Waals surface area contributed by atoms with Crippen molar-refractivity contribution < 1.29 is 14.5 Å². The van der Waals surface area contributed by atoms with Crippen LogP contribution in [0.5, 0.6) is 0 Å². The number of aryl methyl sites for hydroxylation is 1. The second-order valence-corrected chi connectivity index (χ2v) is 11.6. The van der Waals surface area contributed by atoms with Crippen LogP contribution in [0.15, 0.2) is 35.5 Å². The third kappa shape index (κ3) is 4.08. The molecule has 180 valence electrons. The number of Topliss-reactive ketones (excluding diaryl/α,β-unsaturated/α-hetero) is 1. The van der Waals surface area contributed by atoms with E-state index in [-0.39, 0.29) is 29.2 Å². The van der Waals surface area contributed by atoms with Gasteiger partial charge < -0.3 is 0 Å². The van der Waals surface area contributed by atoms with Gasteiger partial charge in [-0.25, -0.2) is 0 Å². The molecule has 1 aromatic heterocycles. The molecule has 2 aliphatic carbocycles. The number of hydrogen-bond acceptors (Lipinski definition) is 6. The fraction of sp³-hybridized carbons (Fsp3) is 0.444. The Hall–Kier alpha value is -3.31. The van der Waals surface area contributed by atoms with Gasteiger partial charge in [0.2, 0.25) is 5.91 Å². The maximum atomic E-state index is 13.8. The molecule has 1 aromatic carbocycles. The van der Waals surface area contributed by atoms with Crippen molar-refractivity contribution in [3.8, 4) is 6.07 Å². The highest BCUT2D eigenvalue weighted by Crippen LogP contribution is 2.51. The number of nitro benzene ring substituents is 1. The van der Waals surface area contributed by atoms with Crippen LogP contribution >= 0.6 is 11.3 Å². The van der Waals surface area contributed by atoms with Crippen molar-refractivity contribution in [3.05, 3.63) is 67.2 Å². The molecule has 0 fully saturated rings. The number of fused-ring (bicyclic) bond motifs is 1. The number of benzene rings is 1. The van der Waals surface area contributed by atoms with Gasteiger partial charge in [0.15, 0.2) is 5.78 Å². The molecule has 1 amide bonds. The van der Waals surface area contributed by atoms with Crippen LogP contribution in [-0.4, -0.2) is 16.6 Å². The molecular formula is C27H27N3O4S. The number of nitriles is 1. The fourth-order valence-electron chi connectivity index (χ4n) is 5.79. The van der Waals surface area contributed by atoms with Gasteiger partial charge in [0.25, 0.3) is 5.69 Å². The van der Waals surface area contributed by atoms with Gasteiger partial charge in [0, 0.05) is 47.0 Å². The van der Waals surface area contributed by atoms with Crippen LogP contribution in [0.2, 0.25) is 0 Å². The lowest BCUT2D eigenvalue weighted by atomic mass is 9.69. The standard InChI is InChI=1S/C27H27N3O4S/c1-27(2)13-21-25(22(31)14-27)19(16-7-6-8-17(11-16)30(33)34)12-24(32)29(21)26-20(15-28)18-9-4-3-5-10-23(18)35-26/h6-8,11,19H,3-5,9-10,12-14H2,1-2H3. The molecule has 2 heterocycles. The van der Waals surface area contributed by atoms with E-state index >= 15 is 0 Å². The van der Waals surface area contributed by atoms with Gasteiger partial charge in [-0.1, -0.05) is 32.4 Å². The number of ketones is 1. The Labute approximate surface area is 208 Å². The third-order valence-corrected chi connectivity index (χ3v) is 8.62. The molecule has 0 saturated carbocycles. The number of carbonyl (C=O) groups is 2. The van der Waals surface area contributed by atoms with Crippen molar-refractivity contribution in [2.24, 2.45) is 5.41 Å². The Kier molecular flexibility index (Phi) is 5.84. The lowest BCUT2D eigenvalue weighted by Crippen LogP contribution is -2.43. The van der Waals surface area contributed by atoms with Crippen LogP contribution in [0.1, 0.15) is 79.9 Å². The summed E-state index contributed by atoms with van der Waals surface area (Å²) in [6.07, 6.45) is 5.89. The van der Waals surface area contributed by atoms with Crippen LogP contribution in [-0.2, 0) is 22.4 Å². The normalized spacial score (nSPS) is 21.7. The number of amides is 1. The summed E-state index contributed by atoms with van der Waals surface area (Å²) in [4.78, 5) is 41.0. The van der Waals surface area contributed by atoms with Crippen LogP contribution in [0.25, 0.3) is 0 Å².